The Labute approximate surface area is 254 Å². The third kappa shape index (κ3) is 7.61. The van der Waals surface area contributed by atoms with Crippen LogP contribution in [0.2, 0.25) is 0 Å². The van der Waals surface area contributed by atoms with E-state index in [1.807, 2.05) is 32.9 Å². The van der Waals surface area contributed by atoms with Crippen LogP contribution in [-0.4, -0.2) is 78.8 Å². The zero-order valence-electron chi connectivity index (χ0n) is 26.6. The molecule has 0 spiro atoms. The average Bonchev–Trinajstić information content (AvgIpc) is 3.00. The topological polar surface area (TPSA) is 113 Å². The molecule has 10 heteroatoms. The lowest BCUT2D eigenvalue weighted by atomic mass is 9.88. The predicted octanol–water partition coefficient (Wildman–Crippen LogP) is 4.41. The molecule has 1 aliphatic carbocycles. The summed E-state index contributed by atoms with van der Waals surface area (Å²) < 4.78 is 10.5. The number of methoxy groups -OCH3 is 2. The first-order valence-electron chi connectivity index (χ1n) is 15.1. The normalized spacial score (nSPS) is 16.7. The number of likely N-dealkylation sites (N-methyl/N-ethyl adjacent to an activating group) is 1. The minimum Gasteiger partial charge on any atom is -0.480 e. The lowest BCUT2D eigenvalue weighted by molar-refractivity contribution is 0.0950. The van der Waals surface area contributed by atoms with Gasteiger partial charge in [-0.3, -0.25) is 9.59 Å². The fraction of sp³-hybridized carbons (Fsp3) is 0.515. The maximum Gasteiger partial charge on any atom is 0.253 e. The summed E-state index contributed by atoms with van der Waals surface area (Å²) >= 11 is 0. The smallest absolute Gasteiger partial charge is 0.253 e. The molecule has 1 fully saturated rings. The van der Waals surface area contributed by atoms with Crippen LogP contribution in [0, 0.1) is 20.8 Å². The fourth-order valence-electron chi connectivity index (χ4n) is 6.17. The second kappa shape index (κ2) is 14.6. The monoisotopic (exact) mass is 590 g/mol. The number of rotatable bonds is 12. The third-order valence-electron chi connectivity index (χ3n) is 8.71. The molecule has 0 bridgehead atoms. The summed E-state index contributed by atoms with van der Waals surface area (Å²) in [5, 5.41) is 3.00. The zero-order chi connectivity index (χ0) is 31.1. The van der Waals surface area contributed by atoms with Crippen molar-refractivity contribution < 1.29 is 14.3 Å². The van der Waals surface area contributed by atoms with E-state index in [-0.39, 0.29) is 18.0 Å². The van der Waals surface area contributed by atoms with E-state index in [0.717, 1.165) is 73.5 Å². The highest BCUT2D eigenvalue weighted by atomic mass is 16.5. The number of aromatic nitrogens is 3. The van der Waals surface area contributed by atoms with E-state index in [9.17, 15) is 9.59 Å². The molecule has 4 rings (SSSR count). The van der Waals surface area contributed by atoms with Gasteiger partial charge in [0.1, 0.15) is 0 Å². The van der Waals surface area contributed by atoms with Crippen molar-refractivity contribution in [3.63, 3.8) is 0 Å². The van der Waals surface area contributed by atoms with E-state index in [4.69, 9.17) is 9.47 Å². The van der Waals surface area contributed by atoms with Gasteiger partial charge in [0.25, 0.3) is 11.5 Å². The van der Waals surface area contributed by atoms with Crippen molar-refractivity contribution >= 4 is 11.6 Å². The van der Waals surface area contributed by atoms with E-state index < -0.39 is 0 Å². The fourth-order valence-corrected chi connectivity index (χ4v) is 6.17. The van der Waals surface area contributed by atoms with Gasteiger partial charge in [-0.15, -0.1) is 0 Å². The Morgan fingerprint density at radius 3 is 2.37 bits per heavy atom. The summed E-state index contributed by atoms with van der Waals surface area (Å²) in [6, 6.07) is 6.81. The number of carbonyl (C=O) groups is 1. The summed E-state index contributed by atoms with van der Waals surface area (Å²) in [5.74, 6) is 0.191. The first kappa shape index (κ1) is 32.2. The van der Waals surface area contributed by atoms with Gasteiger partial charge in [-0.2, -0.15) is 0 Å². The third-order valence-corrected chi connectivity index (χ3v) is 8.71. The van der Waals surface area contributed by atoms with E-state index in [1.165, 1.54) is 0 Å². The number of hydrogen-bond donors (Lipinski definition) is 2. The lowest BCUT2D eigenvalue weighted by Gasteiger charge is -2.41. The van der Waals surface area contributed by atoms with Crippen molar-refractivity contribution in [2.24, 2.45) is 0 Å². The number of carbonyl (C=O) groups excluding carboxylic acids is 1. The Balaban J connectivity index is 1.65. The van der Waals surface area contributed by atoms with Gasteiger partial charge in [0.15, 0.2) is 0 Å². The van der Waals surface area contributed by atoms with Gasteiger partial charge < -0.3 is 29.6 Å². The molecule has 1 aliphatic rings. The van der Waals surface area contributed by atoms with Crippen molar-refractivity contribution in [1.82, 2.24) is 25.2 Å². The van der Waals surface area contributed by atoms with Crippen molar-refractivity contribution in [3.8, 4) is 17.1 Å². The highest BCUT2D eigenvalue weighted by molar-refractivity contribution is 5.98. The number of amides is 1. The molecular formula is C33H46N6O4. The number of pyridine rings is 1. The molecule has 0 aliphatic heterocycles. The number of ether oxygens (including phenoxy) is 2. The van der Waals surface area contributed by atoms with Crippen LogP contribution in [0.1, 0.15) is 65.3 Å². The van der Waals surface area contributed by atoms with E-state index in [1.54, 1.807) is 26.6 Å². The molecule has 0 unspecified atom stereocenters. The Kier molecular flexibility index (Phi) is 10.9. The Bertz CT molecular complexity index is 1450. The SMILES string of the molecule is CCN(c1cc(-c2cnc(OC)cn2)cc(C(=O)NCc2c(C)cc(C)[nH]c2=O)c1C)C1CCC(N(C)CCOC)CC1. The Hall–Kier alpha value is -3.76. The van der Waals surface area contributed by atoms with Gasteiger partial charge in [-0.05, 0) is 89.8 Å². The summed E-state index contributed by atoms with van der Waals surface area (Å²) in [6.45, 7) is 10.5. The van der Waals surface area contributed by atoms with Crippen LogP contribution in [0.3, 0.4) is 0 Å². The molecule has 1 aromatic carbocycles. The first-order valence-corrected chi connectivity index (χ1v) is 15.1. The molecule has 2 heterocycles. The highest BCUT2D eigenvalue weighted by Gasteiger charge is 2.29. The van der Waals surface area contributed by atoms with E-state index >= 15 is 0 Å². The number of aromatic amines is 1. The first-order chi connectivity index (χ1) is 20.7. The number of anilines is 1. The summed E-state index contributed by atoms with van der Waals surface area (Å²) in [7, 11) is 5.48. The number of nitrogens with zero attached hydrogens (tertiary/aromatic N) is 4. The van der Waals surface area contributed by atoms with Crippen LogP contribution in [0.25, 0.3) is 11.3 Å². The predicted molar refractivity (Wildman–Crippen MR) is 170 cm³/mol. The highest BCUT2D eigenvalue weighted by Crippen LogP contribution is 2.35. The largest absolute Gasteiger partial charge is 0.480 e. The molecule has 10 nitrogen and oxygen atoms in total. The minimum absolute atomic E-state index is 0.139. The molecule has 43 heavy (non-hydrogen) atoms. The van der Waals surface area contributed by atoms with Crippen molar-refractivity contribution in [3.05, 3.63) is 68.9 Å². The molecule has 2 aromatic heterocycles. The number of nitrogens with one attached hydrogen (secondary N) is 2. The van der Waals surface area contributed by atoms with Crippen LogP contribution in [-0.2, 0) is 11.3 Å². The Morgan fingerprint density at radius 1 is 1.05 bits per heavy atom. The van der Waals surface area contributed by atoms with Gasteiger partial charge in [0.2, 0.25) is 5.88 Å². The standard InChI is InChI=1S/C33H46N6O4/c1-8-39(26-11-9-25(10-12-26)38(5)13-14-42-6)30-17-24(29-19-35-31(43-7)20-34-29)16-27(23(30)4)32(40)36-18-28-21(2)15-22(3)37-33(28)41/h15-17,19-20,25-26H,8-14,18H2,1-7H3,(H,36,40)(H,37,41). The summed E-state index contributed by atoms with van der Waals surface area (Å²) in [5.41, 5.74) is 5.94. The Morgan fingerprint density at radius 2 is 1.77 bits per heavy atom. The molecule has 0 atom stereocenters. The average molecular weight is 591 g/mol. The number of benzene rings is 1. The van der Waals surface area contributed by atoms with Crippen molar-refractivity contribution in [1.29, 1.82) is 0 Å². The second-order valence-corrected chi connectivity index (χ2v) is 11.5. The zero-order valence-corrected chi connectivity index (χ0v) is 26.6. The number of hydrogen-bond acceptors (Lipinski definition) is 8. The summed E-state index contributed by atoms with van der Waals surface area (Å²) in [4.78, 5) is 42.9. The van der Waals surface area contributed by atoms with E-state index in [0.29, 0.717) is 34.8 Å². The number of H-pyrrole nitrogens is 1. The van der Waals surface area contributed by atoms with Crippen molar-refractivity contribution in [2.75, 3.05) is 45.9 Å². The quantitative estimate of drug-likeness (QED) is 0.319. The van der Waals surface area contributed by atoms with Crippen LogP contribution < -0.4 is 20.5 Å². The molecule has 3 aromatic rings. The van der Waals surface area contributed by atoms with Gasteiger partial charge in [-0.25, -0.2) is 9.97 Å². The van der Waals surface area contributed by atoms with Crippen LogP contribution in [0.15, 0.2) is 35.4 Å². The maximum absolute atomic E-state index is 13.7. The van der Waals surface area contributed by atoms with E-state index in [2.05, 4.69) is 50.1 Å². The van der Waals surface area contributed by atoms with Crippen molar-refractivity contribution in [2.45, 2.75) is 72.0 Å². The molecule has 2 N–H and O–H groups in total. The van der Waals surface area contributed by atoms with Crippen LogP contribution in [0.5, 0.6) is 5.88 Å². The lowest BCUT2D eigenvalue weighted by Crippen LogP contribution is -2.44. The molecule has 0 saturated heterocycles. The molecule has 1 amide bonds. The molecule has 0 radical (unpaired) electrons. The minimum atomic E-state index is -0.235. The van der Waals surface area contributed by atoms with Gasteiger partial charge >= 0.3 is 0 Å². The molecular weight excluding hydrogens is 544 g/mol. The second-order valence-electron chi connectivity index (χ2n) is 11.5. The van der Waals surface area contributed by atoms with Crippen LogP contribution >= 0.6 is 0 Å². The maximum atomic E-state index is 13.7. The van der Waals surface area contributed by atoms with Gasteiger partial charge in [0.05, 0.1) is 31.8 Å². The van der Waals surface area contributed by atoms with Crippen LogP contribution in [0.4, 0.5) is 5.69 Å². The van der Waals surface area contributed by atoms with Gasteiger partial charge in [-0.1, -0.05) is 0 Å². The van der Waals surface area contributed by atoms with Gasteiger partial charge in [0, 0.05) is 66.9 Å². The molecule has 232 valence electrons. The number of aryl methyl sites for hydroxylation is 2. The summed E-state index contributed by atoms with van der Waals surface area (Å²) in [6.07, 6.45) is 7.61. The molecule has 1 saturated carbocycles.